The summed E-state index contributed by atoms with van der Waals surface area (Å²) in [5.74, 6) is -0.593. The zero-order valence-electron chi connectivity index (χ0n) is 11.0. The van der Waals surface area contributed by atoms with E-state index in [1.165, 1.54) is 0 Å². The SMILES string of the molecule is Cl.NC1CCC(NS(=O)(=O)c2c(Cl)cc(F)cc2Br)CC1. The van der Waals surface area contributed by atoms with Gasteiger partial charge in [0.2, 0.25) is 10.0 Å². The molecular formula is C12H16BrCl2FN2O2S. The predicted octanol–water partition coefficient (Wildman–Crippen LogP) is 3.21. The highest BCUT2D eigenvalue weighted by Gasteiger charge is 2.27. The van der Waals surface area contributed by atoms with Gasteiger partial charge in [-0.05, 0) is 53.7 Å². The first-order chi connectivity index (χ1) is 9.29. The van der Waals surface area contributed by atoms with E-state index in [0.29, 0.717) is 12.8 Å². The van der Waals surface area contributed by atoms with E-state index < -0.39 is 15.8 Å². The van der Waals surface area contributed by atoms with Crippen LogP contribution in [0.5, 0.6) is 0 Å². The third-order valence-electron chi connectivity index (χ3n) is 3.33. The molecule has 0 aromatic heterocycles. The van der Waals surface area contributed by atoms with Crippen molar-refractivity contribution in [2.75, 3.05) is 0 Å². The van der Waals surface area contributed by atoms with E-state index in [2.05, 4.69) is 20.7 Å². The maximum absolute atomic E-state index is 13.2. The van der Waals surface area contributed by atoms with E-state index in [4.69, 9.17) is 17.3 Å². The van der Waals surface area contributed by atoms with Gasteiger partial charge in [0.15, 0.2) is 0 Å². The van der Waals surface area contributed by atoms with E-state index in [9.17, 15) is 12.8 Å². The Morgan fingerprint density at radius 1 is 1.29 bits per heavy atom. The van der Waals surface area contributed by atoms with Crippen molar-refractivity contribution in [1.29, 1.82) is 0 Å². The van der Waals surface area contributed by atoms with Crippen LogP contribution in [0.15, 0.2) is 21.5 Å². The van der Waals surface area contributed by atoms with Gasteiger partial charge in [0.25, 0.3) is 0 Å². The van der Waals surface area contributed by atoms with Crippen molar-refractivity contribution in [3.05, 3.63) is 27.4 Å². The summed E-state index contributed by atoms with van der Waals surface area (Å²) in [5.41, 5.74) is 5.79. The van der Waals surface area contributed by atoms with Crippen LogP contribution < -0.4 is 10.5 Å². The smallest absolute Gasteiger partial charge is 0.243 e. The molecule has 1 fully saturated rings. The summed E-state index contributed by atoms with van der Waals surface area (Å²) in [5, 5.41) is -0.142. The lowest BCUT2D eigenvalue weighted by Crippen LogP contribution is -2.40. The fourth-order valence-electron chi connectivity index (χ4n) is 2.30. The van der Waals surface area contributed by atoms with Gasteiger partial charge in [-0.25, -0.2) is 17.5 Å². The highest BCUT2D eigenvalue weighted by molar-refractivity contribution is 9.10. The first-order valence-electron chi connectivity index (χ1n) is 6.22. The second kappa shape index (κ2) is 7.57. The molecule has 2 rings (SSSR count). The Hall–Kier alpha value is 0.0800. The molecule has 0 unspecified atom stereocenters. The summed E-state index contributed by atoms with van der Waals surface area (Å²) in [6.07, 6.45) is 2.95. The quantitative estimate of drug-likeness (QED) is 0.786. The Morgan fingerprint density at radius 3 is 2.38 bits per heavy atom. The molecule has 1 aromatic carbocycles. The highest BCUT2D eigenvalue weighted by Crippen LogP contribution is 2.31. The van der Waals surface area contributed by atoms with E-state index in [0.717, 1.165) is 25.0 Å². The Morgan fingerprint density at radius 2 is 1.86 bits per heavy atom. The molecule has 1 saturated carbocycles. The van der Waals surface area contributed by atoms with Crippen LogP contribution in [0.1, 0.15) is 25.7 Å². The largest absolute Gasteiger partial charge is 0.328 e. The summed E-state index contributed by atoms with van der Waals surface area (Å²) >= 11 is 8.90. The molecule has 0 amide bonds. The Balaban J connectivity index is 0.00000220. The average molecular weight is 422 g/mol. The van der Waals surface area contributed by atoms with Crippen molar-refractivity contribution in [2.24, 2.45) is 5.73 Å². The van der Waals surface area contributed by atoms with Crippen LogP contribution in [0.25, 0.3) is 0 Å². The second-order valence-electron chi connectivity index (χ2n) is 4.93. The molecule has 120 valence electrons. The first kappa shape index (κ1) is 19.1. The molecule has 0 atom stereocenters. The minimum Gasteiger partial charge on any atom is -0.328 e. The molecule has 0 radical (unpaired) electrons. The molecule has 1 aromatic rings. The van der Waals surface area contributed by atoms with Gasteiger partial charge in [-0.3, -0.25) is 0 Å². The summed E-state index contributed by atoms with van der Waals surface area (Å²) in [6.45, 7) is 0. The Bertz CT molecular complexity index is 584. The number of nitrogens with two attached hydrogens (primary N) is 1. The molecule has 0 heterocycles. The van der Waals surface area contributed by atoms with Gasteiger partial charge < -0.3 is 5.73 Å². The number of hydrogen-bond donors (Lipinski definition) is 2. The zero-order valence-corrected chi connectivity index (χ0v) is 15.0. The third-order valence-corrected chi connectivity index (χ3v) is 6.24. The van der Waals surface area contributed by atoms with E-state index >= 15 is 0 Å². The molecule has 21 heavy (non-hydrogen) atoms. The van der Waals surface area contributed by atoms with Gasteiger partial charge in [-0.2, -0.15) is 0 Å². The molecule has 0 bridgehead atoms. The van der Waals surface area contributed by atoms with E-state index in [1.807, 2.05) is 0 Å². The van der Waals surface area contributed by atoms with Crippen LogP contribution in [0.3, 0.4) is 0 Å². The van der Waals surface area contributed by atoms with Crippen LogP contribution in [0.4, 0.5) is 4.39 Å². The van der Waals surface area contributed by atoms with Gasteiger partial charge in [0, 0.05) is 16.6 Å². The zero-order chi connectivity index (χ0) is 14.9. The van der Waals surface area contributed by atoms with Crippen LogP contribution in [-0.4, -0.2) is 20.5 Å². The van der Waals surface area contributed by atoms with Gasteiger partial charge >= 0.3 is 0 Å². The van der Waals surface area contributed by atoms with Crippen LogP contribution in [0, 0.1) is 5.82 Å². The van der Waals surface area contributed by atoms with Crippen molar-refractivity contribution in [3.63, 3.8) is 0 Å². The maximum atomic E-state index is 13.2. The standard InChI is InChI=1S/C12H15BrClFN2O2S.ClH/c13-10-5-7(15)6-11(14)12(10)20(18,19)17-9-3-1-8(16)2-4-9;/h5-6,8-9,17H,1-4,16H2;1H. The lowest BCUT2D eigenvalue weighted by atomic mass is 9.93. The van der Waals surface area contributed by atoms with Crippen LogP contribution in [0.2, 0.25) is 5.02 Å². The van der Waals surface area contributed by atoms with E-state index in [1.54, 1.807) is 0 Å². The molecule has 0 saturated heterocycles. The Kier molecular flexibility index (Phi) is 6.89. The van der Waals surface area contributed by atoms with Gasteiger partial charge in [-0.1, -0.05) is 11.6 Å². The van der Waals surface area contributed by atoms with Gasteiger partial charge in [0.05, 0.1) is 5.02 Å². The number of hydrogen-bond acceptors (Lipinski definition) is 3. The molecule has 4 nitrogen and oxygen atoms in total. The average Bonchev–Trinajstić information content (AvgIpc) is 2.30. The number of benzene rings is 1. The highest BCUT2D eigenvalue weighted by atomic mass is 79.9. The molecule has 0 spiro atoms. The van der Waals surface area contributed by atoms with Gasteiger partial charge in [0.1, 0.15) is 10.7 Å². The predicted molar refractivity (Wildman–Crippen MR) is 86.9 cm³/mol. The lowest BCUT2D eigenvalue weighted by molar-refractivity contribution is 0.373. The number of sulfonamides is 1. The minimum atomic E-state index is -3.79. The fraction of sp³-hybridized carbons (Fsp3) is 0.500. The fourth-order valence-corrected chi connectivity index (χ4v) is 5.42. The van der Waals surface area contributed by atoms with Crippen LogP contribution in [-0.2, 0) is 10.0 Å². The van der Waals surface area contributed by atoms with Gasteiger partial charge in [-0.15, -0.1) is 12.4 Å². The maximum Gasteiger partial charge on any atom is 0.243 e. The third kappa shape index (κ3) is 4.77. The Labute approximate surface area is 143 Å². The molecule has 3 N–H and O–H groups in total. The summed E-state index contributed by atoms with van der Waals surface area (Å²) in [7, 11) is -3.79. The number of nitrogens with one attached hydrogen (secondary N) is 1. The van der Waals surface area contributed by atoms with Crippen molar-refractivity contribution < 1.29 is 12.8 Å². The number of halogens is 4. The number of rotatable bonds is 3. The van der Waals surface area contributed by atoms with Crippen LogP contribution >= 0.6 is 39.9 Å². The lowest BCUT2D eigenvalue weighted by Gasteiger charge is -2.26. The minimum absolute atomic E-state index is 0. The van der Waals surface area contributed by atoms with Crippen molar-refractivity contribution in [1.82, 2.24) is 4.72 Å². The summed E-state index contributed by atoms with van der Waals surface area (Å²) in [4.78, 5) is -0.129. The molecule has 1 aliphatic rings. The summed E-state index contributed by atoms with van der Waals surface area (Å²) in [6, 6.07) is 2.04. The molecule has 9 heteroatoms. The second-order valence-corrected chi connectivity index (χ2v) is 7.84. The van der Waals surface area contributed by atoms with Crippen molar-refractivity contribution in [3.8, 4) is 0 Å². The van der Waals surface area contributed by atoms with Crippen molar-refractivity contribution in [2.45, 2.75) is 42.7 Å². The first-order valence-corrected chi connectivity index (χ1v) is 8.87. The van der Waals surface area contributed by atoms with Crippen molar-refractivity contribution >= 4 is 50.0 Å². The monoisotopic (exact) mass is 420 g/mol. The topological polar surface area (TPSA) is 72.2 Å². The molecular weight excluding hydrogens is 406 g/mol. The summed E-state index contributed by atoms with van der Waals surface area (Å²) < 4.78 is 40.6. The normalized spacial score (nSPS) is 22.7. The molecule has 0 aliphatic heterocycles. The molecule has 1 aliphatic carbocycles. The van der Waals surface area contributed by atoms with E-state index in [-0.39, 0.29) is 38.9 Å².